The van der Waals surface area contributed by atoms with Crippen LogP contribution in [0.3, 0.4) is 0 Å². The molecule has 0 amide bonds. The zero-order valence-corrected chi connectivity index (χ0v) is 11.4. The van der Waals surface area contributed by atoms with Crippen molar-refractivity contribution in [3.8, 4) is 5.75 Å². The second-order valence-electron chi connectivity index (χ2n) is 4.66. The first-order chi connectivity index (χ1) is 7.47. The molecule has 0 bridgehead atoms. The lowest BCUT2D eigenvalue weighted by molar-refractivity contribution is 0.563. The minimum atomic E-state index is -1.62. The van der Waals surface area contributed by atoms with Crippen molar-refractivity contribution in [3.05, 3.63) is 35.5 Å². The van der Waals surface area contributed by atoms with E-state index >= 15 is 0 Å². The Labute approximate surface area is 101 Å². The lowest BCUT2D eigenvalue weighted by Gasteiger charge is -2.20. The lowest BCUT2D eigenvalue weighted by Crippen LogP contribution is -2.29. The maximum Gasteiger partial charge on any atom is 0.242 e. The van der Waals surface area contributed by atoms with Crippen LogP contribution < -0.4 is 4.43 Å². The van der Waals surface area contributed by atoms with Gasteiger partial charge in [0.25, 0.3) is 0 Å². The van der Waals surface area contributed by atoms with Gasteiger partial charge in [-0.15, -0.1) is 0 Å². The van der Waals surface area contributed by atoms with E-state index < -0.39 is 8.32 Å². The van der Waals surface area contributed by atoms with Gasteiger partial charge in [-0.2, -0.15) is 0 Å². The summed E-state index contributed by atoms with van der Waals surface area (Å²) in [6.07, 6.45) is 1.76. The largest absolute Gasteiger partial charge is 0.543 e. The molecule has 0 aliphatic heterocycles. The standard InChI is InChI=1S/C12H14ClNOSi/c1-16(2,3)15-11-7-6-10(13)9-5-4-8-14-12(9)11/h4-8H,1-3H3. The zero-order valence-electron chi connectivity index (χ0n) is 9.62. The van der Waals surface area contributed by atoms with Crippen LogP contribution >= 0.6 is 11.6 Å². The third-order valence-corrected chi connectivity index (χ3v) is 3.26. The summed E-state index contributed by atoms with van der Waals surface area (Å²) in [5.41, 5.74) is 0.845. The van der Waals surface area contributed by atoms with Gasteiger partial charge in [0.1, 0.15) is 11.3 Å². The summed E-state index contributed by atoms with van der Waals surface area (Å²) in [5, 5.41) is 1.66. The Balaban J connectivity index is 2.59. The molecule has 84 valence electrons. The van der Waals surface area contributed by atoms with E-state index in [0.29, 0.717) is 5.02 Å². The van der Waals surface area contributed by atoms with Crippen molar-refractivity contribution < 1.29 is 4.43 Å². The number of hydrogen-bond donors (Lipinski definition) is 0. The quantitative estimate of drug-likeness (QED) is 0.750. The molecule has 0 spiro atoms. The third-order valence-electron chi connectivity index (χ3n) is 2.10. The topological polar surface area (TPSA) is 22.1 Å². The minimum absolute atomic E-state index is 0.714. The number of pyridine rings is 1. The number of fused-ring (bicyclic) bond motifs is 1. The Morgan fingerprint density at radius 3 is 2.62 bits per heavy atom. The van der Waals surface area contributed by atoms with Crippen LogP contribution in [0.4, 0.5) is 0 Å². The molecule has 0 unspecified atom stereocenters. The Morgan fingerprint density at radius 1 is 1.19 bits per heavy atom. The number of benzene rings is 1. The highest BCUT2D eigenvalue weighted by Crippen LogP contribution is 2.30. The molecule has 16 heavy (non-hydrogen) atoms. The molecule has 0 N–H and O–H groups in total. The van der Waals surface area contributed by atoms with Gasteiger partial charge in [0.15, 0.2) is 0 Å². The van der Waals surface area contributed by atoms with Crippen LogP contribution in [0.25, 0.3) is 10.9 Å². The van der Waals surface area contributed by atoms with E-state index in [1.807, 2.05) is 24.3 Å². The second-order valence-corrected chi connectivity index (χ2v) is 9.50. The molecule has 1 heterocycles. The Bertz CT molecular complexity index is 522. The van der Waals surface area contributed by atoms with Crippen molar-refractivity contribution >= 4 is 30.8 Å². The van der Waals surface area contributed by atoms with Crippen molar-refractivity contribution in [1.82, 2.24) is 4.98 Å². The first-order valence-electron chi connectivity index (χ1n) is 5.20. The first-order valence-corrected chi connectivity index (χ1v) is 8.98. The summed E-state index contributed by atoms with van der Waals surface area (Å²) in [7, 11) is -1.62. The molecule has 0 saturated heterocycles. The summed E-state index contributed by atoms with van der Waals surface area (Å²) in [6.45, 7) is 6.45. The molecule has 0 radical (unpaired) electrons. The number of aromatic nitrogens is 1. The van der Waals surface area contributed by atoms with Crippen LogP contribution in [0.5, 0.6) is 5.75 Å². The van der Waals surface area contributed by atoms with Crippen molar-refractivity contribution in [3.63, 3.8) is 0 Å². The average Bonchev–Trinajstić information content (AvgIpc) is 2.21. The van der Waals surface area contributed by atoms with Crippen LogP contribution in [-0.2, 0) is 0 Å². The van der Waals surface area contributed by atoms with E-state index in [4.69, 9.17) is 16.0 Å². The van der Waals surface area contributed by atoms with E-state index in [0.717, 1.165) is 16.7 Å². The third kappa shape index (κ3) is 2.36. The van der Waals surface area contributed by atoms with E-state index in [-0.39, 0.29) is 0 Å². The fourth-order valence-electron chi connectivity index (χ4n) is 1.52. The minimum Gasteiger partial charge on any atom is -0.543 e. The number of hydrogen-bond acceptors (Lipinski definition) is 2. The molecule has 1 aromatic carbocycles. The maximum atomic E-state index is 6.12. The van der Waals surface area contributed by atoms with Gasteiger partial charge in [0, 0.05) is 11.6 Å². The molecule has 4 heteroatoms. The fraction of sp³-hybridized carbons (Fsp3) is 0.250. The summed E-state index contributed by atoms with van der Waals surface area (Å²) in [5.74, 6) is 0.833. The van der Waals surface area contributed by atoms with Gasteiger partial charge in [-0.1, -0.05) is 11.6 Å². The van der Waals surface area contributed by atoms with Gasteiger partial charge in [-0.25, -0.2) is 0 Å². The van der Waals surface area contributed by atoms with Gasteiger partial charge in [0.05, 0.1) is 5.02 Å². The molecular weight excluding hydrogens is 238 g/mol. The van der Waals surface area contributed by atoms with E-state index in [9.17, 15) is 0 Å². The van der Waals surface area contributed by atoms with Crippen LogP contribution in [0, 0.1) is 0 Å². The molecule has 2 nitrogen and oxygen atoms in total. The molecule has 0 aliphatic carbocycles. The highest BCUT2D eigenvalue weighted by molar-refractivity contribution is 6.70. The maximum absolute atomic E-state index is 6.12. The van der Waals surface area contributed by atoms with Gasteiger partial charge in [-0.3, -0.25) is 4.98 Å². The predicted octanol–water partition coefficient (Wildman–Crippen LogP) is 4.10. The monoisotopic (exact) mass is 251 g/mol. The van der Waals surface area contributed by atoms with Gasteiger partial charge in [-0.05, 0) is 43.9 Å². The number of nitrogens with zero attached hydrogens (tertiary/aromatic N) is 1. The Hall–Kier alpha value is -1.06. The van der Waals surface area contributed by atoms with Gasteiger partial charge >= 0.3 is 0 Å². The van der Waals surface area contributed by atoms with Crippen LogP contribution in [0.2, 0.25) is 24.7 Å². The zero-order chi connectivity index (χ0) is 11.8. The van der Waals surface area contributed by atoms with Crippen LogP contribution in [-0.4, -0.2) is 13.3 Å². The van der Waals surface area contributed by atoms with Crippen LogP contribution in [0.15, 0.2) is 30.5 Å². The number of halogens is 1. The van der Waals surface area contributed by atoms with Crippen LogP contribution in [0.1, 0.15) is 0 Å². The lowest BCUT2D eigenvalue weighted by atomic mass is 10.2. The van der Waals surface area contributed by atoms with Crippen molar-refractivity contribution in [2.45, 2.75) is 19.6 Å². The fourth-order valence-corrected chi connectivity index (χ4v) is 2.56. The molecule has 0 atom stereocenters. The molecule has 2 rings (SSSR count). The molecule has 2 aromatic rings. The summed E-state index contributed by atoms with van der Waals surface area (Å²) in [6, 6.07) is 7.60. The summed E-state index contributed by atoms with van der Waals surface area (Å²) >= 11 is 6.12. The van der Waals surface area contributed by atoms with Crippen molar-refractivity contribution in [2.24, 2.45) is 0 Å². The van der Waals surface area contributed by atoms with Gasteiger partial charge in [0.2, 0.25) is 8.32 Å². The van der Waals surface area contributed by atoms with Gasteiger partial charge < -0.3 is 4.43 Å². The predicted molar refractivity (Wildman–Crippen MR) is 70.7 cm³/mol. The highest BCUT2D eigenvalue weighted by Gasteiger charge is 2.18. The molecular formula is C12H14ClNOSi. The summed E-state index contributed by atoms with van der Waals surface area (Å²) in [4.78, 5) is 4.34. The smallest absolute Gasteiger partial charge is 0.242 e. The van der Waals surface area contributed by atoms with E-state index in [2.05, 4.69) is 24.6 Å². The van der Waals surface area contributed by atoms with Crippen molar-refractivity contribution in [2.75, 3.05) is 0 Å². The SMILES string of the molecule is C[Si](C)(C)Oc1ccc(Cl)c2cccnc12. The van der Waals surface area contributed by atoms with E-state index in [1.165, 1.54) is 0 Å². The Morgan fingerprint density at radius 2 is 1.94 bits per heavy atom. The number of rotatable bonds is 2. The first kappa shape index (κ1) is 11.4. The second kappa shape index (κ2) is 4.07. The Kier molecular flexibility index (Phi) is 2.91. The molecule has 1 aromatic heterocycles. The van der Waals surface area contributed by atoms with Crippen molar-refractivity contribution in [1.29, 1.82) is 0 Å². The molecule has 0 aliphatic rings. The average molecular weight is 252 g/mol. The normalized spacial score (nSPS) is 11.8. The molecule has 0 fully saturated rings. The van der Waals surface area contributed by atoms with E-state index in [1.54, 1.807) is 6.20 Å². The molecule has 0 saturated carbocycles. The highest BCUT2D eigenvalue weighted by atomic mass is 35.5. The summed E-state index contributed by atoms with van der Waals surface area (Å²) < 4.78 is 5.99.